The summed E-state index contributed by atoms with van der Waals surface area (Å²) >= 11 is 0. The Balaban J connectivity index is 1.12. The normalized spacial score (nSPS) is 17.6. The highest BCUT2D eigenvalue weighted by Gasteiger charge is 2.38. The number of pyridine rings is 1. The molecule has 0 saturated carbocycles. The number of nitrogens with one attached hydrogen (secondary N) is 1. The van der Waals surface area contributed by atoms with Crippen LogP contribution in [0.2, 0.25) is 0 Å². The molecule has 0 radical (unpaired) electrons. The molecule has 2 aromatic heterocycles. The summed E-state index contributed by atoms with van der Waals surface area (Å²) in [6.07, 6.45) is 10.3. The molecule has 1 aromatic carbocycles. The quantitative estimate of drug-likeness (QED) is 0.483. The van der Waals surface area contributed by atoms with Gasteiger partial charge < -0.3 is 14.7 Å². The van der Waals surface area contributed by atoms with Crippen molar-refractivity contribution >= 4 is 27.5 Å². The number of benzene rings is 1. The zero-order chi connectivity index (χ0) is 25.7. The zero-order valence-corrected chi connectivity index (χ0v) is 22.1. The van der Waals surface area contributed by atoms with E-state index < -0.39 is 10.0 Å². The number of likely N-dealkylation sites (N-methyl/N-ethyl adjacent to an activating group) is 1. The lowest BCUT2D eigenvalue weighted by atomic mass is 9.71. The summed E-state index contributed by atoms with van der Waals surface area (Å²) in [6, 6.07) is 14.5. The van der Waals surface area contributed by atoms with E-state index in [1.165, 1.54) is 18.5 Å². The fourth-order valence-corrected chi connectivity index (χ4v) is 6.37. The first-order chi connectivity index (χ1) is 17.9. The topological polar surface area (TPSA) is 94.6 Å². The molecule has 1 N–H and O–H groups in total. The van der Waals surface area contributed by atoms with Crippen LogP contribution in [0.15, 0.2) is 72.0 Å². The lowest BCUT2D eigenvalue weighted by molar-refractivity contribution is 0.166. The van der Waals surface area contributed by atoms with Gasteiger partial charge in [-0.05, 0) is 61.4 Å². The predicted octanol–water partition coefficient (Wildman–Crippen LogP) is 3.17. The van der Waals surface area contributed by atoms with Crippen molar-refractivity contribution in [3.05, 3.63) is 67.1 Å². The molecule has 9 nitrogen and oxygen atoms in total. The number of aromatic nitrogens is 3. The van der Waals surface area contributed by atoms with Gasteiger partial charge in [0.05, 0.1) is 4.90 Å². The molecule has 2 saturated heterocycles. The number of piperidine rings is 2. The van der Waals surface area contributed by atoms with E-state index in [0.717, 1.165) is 50.8 Å². The van der Waals surface area contributed by atoms with Gasteiger partial charge in [0.25, 0.3) is 0 Å². The molecule has 2 aliphatic heterocycles. The second-order valence-corrected chi connectivity index (χ2v) is 11.8. The Morgan fingerprint density at radius 3 is 2.22 bits per heavy atom. The molecular formula is C27H35N7O2S. The van der Waals surface area contributed by atoms with Gasteiger partial charge in [0, 0.05) is 70.6 Å². The lowest BCUT2D eigenvalue weighted by Crippen LogP contribution is -2.47. The van der Waals surface area contributed by atoms with Crippen LogP contribution in [-0.2, 0) is 10.0 Å². The molecule has 0 unspecified atom stereocenters. The summed E-state index contributed by atoms with van der Waals surface area (Å²) in [4.78, 5) is 20.5. The molecule has 2 fully saturated rings. The van der Waals surface area contributed by atoms with Gasteiger partial charge in [-0.1, -0.05) is 18.2 Å². The molecule has 5 rings (SSSR count). The SMILES string of the molecule is CN(CCNS(=O)(=O)c1ccccc1)c1ccnc(N2CCC3(CCN(c4ccncc4)CC3)CC2)n1. The van der Waals surface area contributed by atoms with Gasteiger partial charge >= 0.3 is 0 Å². The van der Waals surface area contributed by atoms with Crippen LogP contribution >= 0.6 is 0 Å². The van der Waals surface area contributed by atoms with E-state index in [-0.39, 0.29) is 11.4 Å². The highest BCUT2D eigenvalue weighted by molar-refractivity contribution is 7.89. The number of anilines is 3. The monoisotopic (exact) mass is 521 g/mol. The van der Waals surface area contributed by atoms with Crippen LogP contribution < -0.4 is 19.4 Å². The highest BCUT2D eigenvalue weighted by Crippen LogP contribution is 2.42. The molecular weight excluding hydrogens is 486 g/mol. The van der Waals surface area contributed by atoms with Crippen molar-refractivity contribution in [2.45, 2.75) is 30.6 Å². The molecule has 4 heterocycles. The lowest BCUT2D eigenvalue weighted by Gasteiger charge is -2.47. The van der Waals surface area contributed by atoms with E-state index in [2.05, 4.69) is 36.6 Å². The first kappa shape index (κ1) is 25.4. The number of hydrogen-bond donors (Lipinski definition) is 1. The highest BCUT2D eigenvalue weighted by atomic mass is 32.2. The molecule has 0 amide bonds. The van der Waals surface area contributed by atoms with Crippen LogP contribution in [0.25, 0.3) is 0 Å². The maximum Gasteiger partial charge on any atom is 0.240 e. The molecule has 1 spiro atoms. The summed E-state index contributed by atoms with van der Waals surface area (Å²) in [5.41, 5.74) is 1.68. The van der Waals surface area contributed by atoms with Crippen molar-refractivity contribution < 1.29 is 8.42 Å². The number of rotatable bonds is 8. The predicted molar refractivity (Wildman–Crippen MR) is 146 cm³/mol. The van der Waals surface area contributed by atoms with Gasteiger partial charge in [-0.3, -0.25) is 4.98 Å². The summed E-state index contributed by atoms with van der Waals surface area (Å²) in [5, 5.41) is 0. The van der Waals surface area contributed by atoms with E-state index in [9.17, 15) is 8.42 Å². The third-order valence-electron chi connectivity index (χ3n) is 7.77. The van der Waals surface area contributed by atoms with Gasteiger partial charge in [-0.15, -0.1) is 0 Å². The van der Waals surface area contributed by atoms with Gasteiger partial charge in [-0.2, -0.15) is 4.98 Å². The van der Waals surface area contributed by atoms with E-state index in [0.29, 0.717) is 12.0 Å². The third-order valence-corrected chi connectivity index (χ3v) is 9.25. The molecule has 10 heteroatoms. The van der Waals surface area contributed by atoms with Crippen LogP contribution in [0.1, 0.15) is 25.7 Å². The van der Waals surface area contributed by atoms with Crippen molar-refractivity contribution in [3.8, 4) is 0 Å². The average Bonchev–Trinajstić information content (AvgIpc) is 2.95. The standard InChI is InChI=1S/C27H35N7O2S/c1-32(22-17-30-37(35,36)24-5-3-2-4-6-24)25-9-16-29-26(31-25)34-20-12-27(13-21-34)10-18-33(19-11-27)23-7-14-28-15-8-23/h2-9,14-16,30H,10-13,17-22H2,1H3. The van der Waals surface area contributed by atoms with Crippen molar-refractivity contribution in [1.82, 2.24) is 19.7 Å². The van der Waals surface area contributed by atoms with E-state index in [1.807, 2.05) is 30.4 Å². The molecule has 3 aromatic rings. The van der Waals surface area contributed by atoms with Gasteiger partial charge in [0.15, 0.2) is 0 Å². The fraction of sp³-hybridized carbons (Fsp3) is 0.444. The van der Waals surface area contributed by atoms with E-state index in [1.54, 1.807) is 36.5 Å². The van der Waals surface area contributed by atoms with Crippen LogP contribution in [0.5, 0.6) is 0 Å². The van der Waals surface area contributed by atoms with E-state index in [4.69, 9.17) is 4.98 Å². The Morgan fingerprint density at radius 1 is 0.892 bits per heavy atom. The first-order valence-electron chi connectivity index (χ1n) is 12.9. The molecule has 196 valence electrons. The maximum atomic E-state index is 12.5. The van der Waals surface area contributed by atoms with Crippen LogP contribution in [0.4, 0.5) is 17.5 Å². The van der Waals surface area contributed by atoms with Gasteiger partial charge in [-0.25, -0.2) is 18.1 Å². The number of sulfonamides is 1. The first-order valence-corrected chi connectivity index (χ1v) is 14.4. The third kappa shape index (κ3) is 6.02. The van der Waals surface area contributed by atoms with E-state index >= 15 is 0 Å². The minimum absolute atomic E-state index is 0.271. The molecule has 0 aliphatic carbocycles. The minimum Gasteiger partial charge on any atom is -0.371 e. The second kappa shape index (κ2) is 11.0. The van der Waals surface area contributed by atoms with Crippen molar-refractivity contribution in [3.63, 3.8) is 0 Å². The van der Waals surface area contributed by atoms with Crippen LogP contribution in [-0.4, -0.2) is 69.7 Å². The maximum absolute atomic E-state index is 12.5. The zero-order valence-electron chi connectivity index (χ0n) is 21.3. The number of nitrogens with zero attached hydrogens (tertiary/aromatic N) is 6. The van der Waals surface area contributed by atoms with Crippen LogP contribution in [0, 0.1) is 5.41 Å². The Morgan fingerprint density at radius 2 is 1.54 bits per heavy atom. The Kier molecular flexibility index (Phi) is 7.57. The summed E-state index contributed by atoms with van der Waals surface area (Å²) in [7, 11) is -1.60. The summed E-state index contributed by atoms with van der Waals surface area (Å²) < 4.78 is 27.6. The van der Waals surface area contributed by atoms with Gasteiger partial charge in [0.2, 0.25) is 16.0 Å². The second-order valence-electron chi connectivity index (χ2n) is 10.0. The van der Waals surface area contributed by atoms with Gasteiger partial charge in [0.1, 0.15) is 5.82 Å². The fourth-order valence-electron chi connectivity index (χ4n) is 5.32. The molecule has 37 heavy (non-hydrogen) atoms. The Hall–Kier alpha value is -3.24. The van der Waals surface area contributed by atoms with Crippen LogP contribution in [0.3, 0.4) is 0 Å². The largest absolute Gasteiger partial charge is 0.371 e. The minimum atomic E-state index is -3.52. The Labute approximate surface area is 219 Å². The summed E-state index contributed by atoms with van der Waals surface area (Å²) in [6.45, 7) is 4.89. The smallest absolute Gasteiger partial charge is 0.240 e. The number of hydrogen-bond acceptors (Lipinski definition) is 8. The molecule has 0 atom stereocenters. The molecule has 2 aliphatic rings. The van der Waals surface area contributed by atoms with Crippen molar-refractivity contribution in [2.75, 3.05) is 61.0 Å². The summed E-state index contributed by atoms with van der Waals surface area (Å²) in [5.74, 6) is 1.54. The molecule has 0 bridgehead atoms. The van der Waals surface area contributed by atoms with Crippen molar-refractivity contribution in [2.24, 2.45) is 5.41 Å². The van der Waals surface area contributed by atoms with Crippen molar-refractivity contribution in [1.29, 1.82) is 0 Å². The average molecular weight is 522 g/mol. The Bertz CT molecular complexity index is 1260.